The van der Waals surface area contributed by atoms with E-state index in [9.17, 15) is 39.9 Å². The molecule has 0 bridgehead atoms. The van der Waals surface area contributed by atoms with Crippen molar-refractivity contribution in [2.75, 3.05) is 46.9 Å². The number of carbonyl (C=O) groups is 3. The molecule has 5 atom stereocenters. The number of aliphatic hydroxyl groups excluding tert-OH is 2. The molecule has 0 unspecified atom stereocenters. The van der Waals surface area contributed by atoms with Crippen LogP contribution in [0.1, 0.15) is 24.5 Å². The van der Waals surface area contributed by atoms with E-state index in [1.54, 1.807) is 14.1 Å². The van der Waals surface area contributed by atoms with Gasteiger partial charge in [0.2, 0.25) is 5.78 Å². The minimum atomic E-state index is -2.73. The van der Waals surface area contributed by atoms with Crippen molar-refractivity contribution in [2.24, 2.45) is 11.8 Å². The summed E-state index contributed by atoms with van der Waals surface area (Å²) in [6, 6.07) is 3.10. The number of likely N-dealkylation sites (N-methyl/N-ethyl adjacent to an activating group) is 1. The first-order valence-electron chi connectivity index (χ1n) is 12.9. The number of aliphatic hydroxyl groups is 4. The van der Waals surface area contributed by atoms with Gasteiger partial charge in [0.05, 0.1) is 23.9 Å². The number of halogens is 1. The minimum Gasteiger partial charge on any atom is -0.508 e. The third-order valence-corrected chi connectivity index (χ3v) is 8.67. The molecule has 1 amide bonds. The standard InChI is InChI=1S/C27H34N4O8.ClH/c1-26(38)13-5-4-6-16(32)17(13)21(33)18-14(26)11-15-20(30(2)3)22(34)19(24(36)27(15,39)23(18)35)25(37)29-12-31-9-7-28-8-10-31;/h4-6,14-15,20,28,32-33,36,38-39H,7-12H2,1-3H3,(H,29,37);1H/t14-,15-,20-,26+,27-;/m0./s1. The molecule has 0 spiro atoms. The molecular weight excluding hydrogens is 544 g/mol. The number of benzene rings is 1. The van der Waals surface area contributed by atoms with Crippen LogP contribution in [0.15, 0.2) is 35.1 Å². The van der Waals surface area contributed by atoms with Crippen LogP contribution in [0.25, 0.3) is 5.76 Å². The fraction of sp³-hybridized carbons (Fsp3) is 0.519. The van der Waals surface area contributed by atoms with Crippen molar-refractivity contribution in [3.8, 4) is 5.75 Å². The number of nitrogens with one attached hydrogen (secondary N) is 2. The van der Waals surface area contributed by atoms with Crippen LogP contribution < -0.4 is 10.6 Å². The predicted octanol–water partition coefficient (Wildman–Crippen LogP) is -0.456. The lowest BCUT2D eigenvalue weighted by atomic mass is 9.54. The molecule has 2 fully saturated rings. The Morgan fingerprint density at radius 2 is 1.80 bits per heavy atom. The summed E-state index contributed by atoms with van der Waals surface area (Å²) in [6.45, 7) is 4.30. The molecule has 1 heterocycles. The van der Waals surface area contributed by atoms with Crippen molar-refractivity contribution in [1.29, 1.82) is 0 Å². The molecule has 218 valence electrons. The Kier molecular flexibility index (Phi) is 7.82. The number of rotatable bonds is 4. The molecule has 13 heteroatoms. The predicted molar refractivity (Wildman–Crippen MR) is 146 cm³/mol. The molecule has 0 aromatic heterocycles. The van der Waals surface area contributed by atoms with Crippen molar-refractivity contribution in [3.05, 3.63) is 46.2 Å². The molecule has 7 N–H and O–H groups in total. The molecule has 1 aliphatic heterocycles. The third-order valence-electron chi connectivity index (χ3n) is 8.67. The maximum atomic E-state index is 14.1. The van der Waals surface area contributed by atoms with Gasteiger partial charge in [-0.2, -0.15) is 0 Å². The van der Waals surface area contributed by atoms with Crippen LogP contribution in [0.4, 0.5) is 0 Å². The maximum absolute atomic E-state index is 14.1. The number of hydrogen-bond acceptors (Lipinski definition) is 11. The summed E-state index contributed by atoms with van der Waals surface area (Å²) < 4.78 is 0. The van der Waals surface area contributed by atoms with Crippen LogP contribution in [0, 0.1) is 11.8 Å². The second kappa shape index (κ2) is 10.4. The fourth-order valence-corrected chi connectivity index (χ4v) is 6.62. The van der Waals surface area contributed by atoms with Gasteiger partial charge in [-0.3, -0.25) is 24.2 Å². The summed E-state index contributed by atoms with van der Waals surface area (Å²) >= 11 is 0. The first-order chi connectivity index (χ1) is 18.3. The summed E-state index contributed by atoms with van der Waals surface area (Å²) in [6.07, 6.45) is -0.182. The van der Waals surface area contributed by atoms with Gasteiger partial charge in [-0.1, -0.05) is 12.1 Å². The highest BCUT2D eigenvalue weighted by atomic mass is 35.5. The highest BCUT2D eigenvalue weighted by Crippen LogP contribution is 2.57. The van der Waals surface area contributed by atoms with Gasteiger partial charge in [-0.15, -0.1) is 12.4 Å². The zero-order valence-corrected chi connectivity index (χ0v) is 23.3. The van der Waals surface area contributed by atoms with Crippen LogP contribution in [0.3, 0.4) is 0 Å². The van der Waals surface area contributed by atoms with Gasteiger partial charge < -0.3 is 36.2 Å². The summed E-state index contributed by atoms with van der Waals surface area (Å²) in [5.74, 6) is -7.24. The van der Waals surface area contributed by atoms with Crippen LogP contribution in [-0.2, 0) is 20.0 Å². The first-order valence-corrected chi connectivity index (χ1v) is 12.9. The summed E-state index contributed by atoms with van der Waals surface area (Å²) in [5.41, 5.74) is -5.58. The van der Waals surface area contributed by atoms with E-state index in [0.29, 0.717) is 13.1 Å². The second-order valence-electron chi connectivity index (χ2n) is 11.1. The largest absolute Gasteiger partial charge is 0.508 e. The lowest BCUT2D eigenvalue weighted by molar-refractivity contribution is -0.159. The number of piperazine rings is 1. The molecular formula is C27H35ClN4O8. The summed E-state index contributed by atoms with van der Waals surface area (Å²) in [7, 11) is 3.11. The molecule has 4 aliphatic rings. The van der Waals surface area contributed by atoms with E-state index in [1.165, 1.54) is 30.0 Å². The molecule has 1 saturated heterocycles. The molecule has 12 nitrogen and oxygen atoms in total. The van der Waals surface area contributed by atoms with E-state index >= 15 is 0 Å². The zero-order valence-electron chi connectivity index (χ0n) is 22.5. The highest BCUT2D eigenvalue weighted by molar-refractivity contribution is 6.25. The Hall–Kier alpha value is -3.00. The lowest BCUT2D eigenvalue weighted by Crippen LogP contribution is -2.67. The van der Waals surface area contributed by atoms with E-state index in [-0.39, 0.29) is 47.9 Å². The number of Topliss-reactive ketones (excluding diaryl/α,β-unsaturated/α-hetero) is 2. The molecule has 1 aromatic carbocycles. The van der Waals surface area contributed by atoms with E-state index in [0.717, 1.165) is 13.1 Å². The van der Waals surface area contributed by atoms with Gasteiger partial charge >= 0.3 is 0 Å². The van der Waals surface area contributed by atoms with Crippen molar-refractivity contribution >= 4 is 35.6 Å². The van der Waals surface area contributed by atoms with Crippen molar-refractivity contribution < 1.29 is 39.9 Å². The fourth-order valence-electron chi connectivity index (χ4n) is 6.62. The number of aromatic hydroxyl groups is 1. The molecule has 1 saturated carbocycles. The number of carbonyl (C=O) groups excluding carboxylic acids is 3. The number of ketones is 2. The van der Waals surface area contributed by atoms with Crippen LogP contribution in [-0.4, -0.2) is 111 Å². The van der Waals surface area contributed by atoms with E-state index in [1.807, 2.05) is 4.90 Å². The van der Waals surface area contributed by atoms with E-state index < -0.39 is 63.6 Å². The molecule has 3 aliphatic carbocycles. The van der Waals surface area contributed by atoms with E-state index in [2.05, 4.69) is 10.6 Å². The van der Waals surface area contributed by atoms with E-state index in [4.69, 9.17) is 0 Å². The minimum absolute atomic E-state index is 0. The van der Waals surface area contributed by atoms with Gasteiger partial charge in [-0.05, 0) is 39.1 Å². The van der Waals surface area contributed by atoms with Gasteiger partial charge in [0.25, 0.3) is 5.91 Å². The highest BCUT2D eigenvalue weighted by Gasteiger charge is 2.66. The zero-order chi connectivity index (χ0) is 28.4. The second-order valence-corrected chi connectivity index (χ2v) is 11.1. The smallest absolute Gasteiger partial charge is 0.259 e. The molecule has 0 radical (unpaired) electrons. The summed E-state index contributed by atoms with van der Waals surface area (Å²) in [5, 5.41) is 62.3. The topological polar surface area (TPSA) is 183 Å². The Morgan fingerprint density at radius 1 is 1.15 bits per heavy atom. The van der Waals surface area contributed by atoms with Gasteiger partial charge in [-0.25, -0.2) is 0 Å². The van der Waals surface area contributed by atoms with Gasteiger partial charge in [0, 0.05) is 43.6 Å². The number of phenols is 1. The maximum Gasteiger partial charge on any atom is 0.259 e. The first kappa shape index (κ1) is 30.0. The molecule has 5 rings (SSSR count). The van der Waals surface area contributed by atoms with Crippen LogP contribution in [0.2, 0.25) is 0 Å². The Balaban J connectivity index is 0.00000370. The average molecular weight is 579 g/mol. The number of fused-ring (bicyclic) bond motifs is 3. The van der Waals surface area contributed by atoms with Gasteiger partial charge in [0.15, 0.2) is 11.4 Å². The Labute approximate surface area is 237 Å². The third kappa shape index (κ3) is 4.21. The number of nitrogens with zero attached hydrogens (tertiary/aromatic N) is 2. The molecule has 1 aromatic rings. The molecule has 40 heavy (non-hydrogen) atoms. The Morgan fingerprint density at radius 3 is 2.42 bits per heavy atom. The SMILES string of the molecule is CN(C)[C@@H]1C(=O)C(C(=O)NCN2CCNCC2)=C(O)[C@@]2(O)C(=O)C3=C(O)c4c(O)cccc4[C@@](C)(O)[C@H]3C[C@@H]12.Cl. The number of amides is 1. The van der Waals surface area contributed by atoms with Crippen molar-refractivity contribution in [1.82, 2.24) is 20.4 Å². The van der Waals surface area contributed by atoms with Crippen LogP contribution >= 0.6 is 12.4 Å². The van der Waals surface area contributed by atoms with Crippen LogP contribution in [0.5, 0.6) is 5.75 Å². The van der Waals surface area contributed by atoms with Crippen molar-refractivity contribution in [2.45, 2.75) is 30.6 Å². The number of phenolic OH excluding ortho intramolecular Hbond substituents is 1. The quantitative estimate of drug-likeness (QED) is 0.230. The average Bonchev–Trinajstić information content (AvgIpc) is 2.88. The Bertz CT molecular complexity index is 1320. The van der Waals surface area contributed by atoms with Crippen molar-refractivity contribution in [3.63, 3.8) is 0 Å². The van der Waals surface area contributed by atoms with Gasteiger partial charge in [0.1, 0.15) is 22.8 Å². The monoisotopic (exact) mass is 578 g/mol. The summed E-state index contributed by atoms with van der Waals surface area (Å²) in [4.78, 5) is 44.4. The number of hydrogen-bond donors (Lipinski definition) is 7. The normalized spacial score (nSPS) is 32.3. The lowest BCUT2D eigenvalue weighted by Gasteiger charge is -2.53.